The monoisotopic (exact) mass is 1000 g/mol. The molecule has 0 saturated heterocycles. The molecule has 1 unspecified atom stereocenters. The van der Waals surface area contributed by atoms with Crippen LogP contribution in [0.5, 0.6) is 0 Å². The maximum absolute atomic E-state index is 13.4. The SMILES string of the molecule is CCCCCCc1ccc(-c2c3cc(-c4ccc(C=C5C(=O)c6ccccc6C5=O)s4)sc3c(C3=CCC(CCCCCC)S3)c3cc(-c4ccc(C=C5C(=O)c6ccccc6C5=O)s4)sc23)s1. The van der Waals surface area contributed by atoms with Gasteiger partial charge in [-0.05, 0) is 86.4 Å². The van der Waals surface area contributed by atoms with E-state index >= 15 is 0 Å². The number of aryl methyl sites for hydroxylation is 1. The Morgan fingerprint density at radius 3 is 1.54 bits per heavy atom. The predicted octanol–water partition coefficient (Wildman–Crippen LogP) is 18.2. The first kappa shape index (κ1) is 45.4. The molecule has 8 aromatic rings. The molecule has 0 fully saturated rings. The number of benzene rings is 3. The van der Waals surface area contributed by atoms with Crippen molar-refractivity contribution in [2.75, 3.05) is 0 Å². The number of rotatable bonds is 16. The summed E-state index contributed by atoms with van der Waals surface area (Å²) >= 11 is 10.9. The lowest BCUT2D eigenvalue weighted by atomic mass is 9.99. The lowest BCUT2D eigenvalue weighted by Gasteiger charge is -2.13. The third-order valence-electron chi connectivity index (χ3n) is 13.3. The van der Waals surface area contributed by atoms with Crippen molar-refractivity contribution in [3.8, 4) is 29.9 Å². The Morgan fingerprint density at radius 1 is 0.500 bits per heavy atom. The number of unbranched alkanes of at least 4 members (excludes halogenated alkanes) is 6. The average molecular weight is 1000 g/mol. The van der Waals surface area contributed by atoms with Crippen molar-refractivity contribution in [3.05, 3.63) is 157 Å². The number of Topliss-reactive ketones (excluding diaryl/α,β-unsaturated/α-hetero) is 4. The van der Waals surface area contributed by atoms with Gasteiger partial charge in [0.25, 0.3) is 0 Å². The molecule has 0 spiro atoms. The van der Waals surface area contributed by atoms with Crippen LogP contribution in [-0.4, -0.2) is 28.4 Å². The van der Waals surface area contributed by atoms with Crippen LogP contribution < -0.4 is 0 Å². The summed E-state index contributed by atoms with van der Waals surface area (Å²) in [5.74, 6) is -0.820. The zero-order valence-corrected chi connectivity index (χ0v) is 42.8. The van der Waals surface area contributed by atoms with Crippen LogP contribution >= 0.6 is 68.4 Å². The minimum Gasteiger partial charge on any atom is -0.288 e. The van der Waals surface area contributed by atoms with Crippen LogP contribution in [0.4, 0.5) is 0 Å². The van der Waals surface area contributed by atoms with Crippen LogP contribution in [0, 0.1) is 0 Å². The average Bonchev–Trinajstić information content (AvgIpc) is 4.23. The number of ketones is 4. The number of thioether (sulfide) groups is 1. The molecule has 0 saturated carbocycles. The minimum absolute atomic E-state index is 0.205. The second-order valence-electron chi connectivity index (χ2n) is 17.9. The topological polar surface area (TPSA) is 68.3 Å². The first-order valence-corrected chi connectivity index (χ1v) is 28.7. The van der Waals surface area contributed by atoms with Crippen molar-refractivity contribution in [1.82, 2.24) is 0 Å². The van der Waals surface area contributed by atoms with Gasteiger partial charge in [0, 0.05) is 103 Å². The molecule has 0 N–H and O–H groups in total. The van der Waals surface area contributed by atoms with E-state index in [2.05, 4.69) is 68.1 Å². The summed E-state index contributed by atoms with van der Waals surface area (Å²) in [5.41, 5.74) is 4.97. The third-order valence-corrected chi connectivity index (χ3v) is 20.6. The molecule has 68 heavy (non-hydrogen) atoms. The van der Waals surface area contributed by atoms with Crippen LogP contribution in [0.2, 0.25) is 0 Å². The standard InChI is InChI=1S/C58H48O4S6/c1-3-5-7-9-15-33-21-27-47(63-33)51-41-31-49(45-25-23-35(65-45)29-43-53(59)37-17-11-12-18-38(37)54(43)60)68-58(41)52(48-28-22-34(64-48)16-10-8-6-4-2)42-32-50(67-57(42)51)46-26-24-36(66-46)30-44-55(61)39-19-13-14-20-40(39)56(44)62/h11-14,17-21,23-32,34H,3-10,15-16,22H2,1-2H3. The molecule has 3 aromatic carbocycles. The van der Waals surface area contributed by atoms with Gasteiger partial charge in [-0.2, -0.15) is 0 Å². The number of carbonyl (C=O) groups is 4. The van der Waals surface area contributed by atoms with Gasteiger partial charge in [-0.1, -0.05) is 113 Å². The van der Waals surface area contributed by atoms with Crippen molar-refractivity contribution in [2.45, 2.75) is 89.7 Å². The Balaban J connectivity index is 1.03. The molecule has 4 nitrogen and oxygen atoms in total. The Morgan fingerprint density at radius 2 is 1.00 bits per heavy atom. The number of thiophene rings is 5. The Hall–Kier alpha value is -5.07. The quantitative estimate of drug-likeness (QED) is 0.0548. The smallest absolute Gasteiger partial charge is 0.197 e. The van der Waals surface area contributed by atoms with Crippen LogP contribution in [0.15, 0.2) is 114 Å². The van der Waals surface area contributed by atoms with E-state index < -0.39 is 0 Å². The number of hydrogen-bond donors (Lipinski definition) is 0. The number of hydrogen-bond acceptors (Lipinski definition) is 10. The highest BCUT2D eigenvalue weighted by Gasteiger charge is 2.34. The van der Waals surface area contributed by atoms with Gasteiger partial charge in [0.05, 0.1) is 11.1 Å². The van der Waals surface area contributed by atoms with E-state index in [4.69, 9.17) is 0 Å². The van der Waals surface area contributed by atoms with Crippen molar-refractivity contribution in [1.29, 1.82) is 0 Å². The van der Waals surface area contributed by atoms with Gasteiger partial charge < -0.3 is 0 Å². The first-order valence-electron chi connectivity index (χ1n) is 23.8. The molecule has 1 aliphatic heterocycles. The fourth-order valence-corrected chi connectivity index (χ4v) is 16.9. The Labute approximate surface area is 421 Å². The van der Waals surface area contributed by atoms with Gasteiger partial charge in [-0.3, -0.25) is 19.2 Å². The summed E-state index contributed by atoms with van der Waals surface area (Å²) in [4.78, 5) is 63.8. The zero-order chi connectivity index (χ0) is 46.5. The molecule has 10 heteroatoms. The van der Waals surface area contributed by atoms with Gasteiger partial charge in [-0.25, -0.2) is 0 Å². The van der Waals surface area contributed by atoms with E-state index in [0.717, 1.165) is 32.4 Å². The Bertz CT molecular complexity index is 3170. The fourth-order valence-electron chi connectivity index (χ4n) is 9.74. The number of allylic oxidation sites excluding steroid dienone is 3. The second kappa shape index (κ2) is 19.4. The normalized spacial score (nSPS) is 15.7. The molecule has 6 heterocycles. The Kier molecular flexibility index (Phi) is 12.9. The fraction of sp³-hybridized carbons (Fsp3) is 0.241. The summed E-state index contributed by atoms with van der Waals surface area (Å²) in [6, 6.07) is 32.0. The summed E-state index contributed by atoms with van der Waals surface area (Å²) in [6.07, 6.45) is 19.4. The minimum atomic E-state index is -0.205. The molecule has 3 aliphatic rings. The van der Waals surface area contributed by atoms with Gasteiger partial charge in [0.15, 0.2) is 23.1 Å². The van der Waals surface area contributed by atoms with Gasteiger partial charge in [0.1, 0.15) is 0 Å². The molecule has 0 bridgehead atoms. The lowest BCUT2D eigenvalue weighted by Crippen LogP contribution is -1.99. The summed E-state index contributed by atoms with van der Waals surface area (Å²) < 4.78 is 2.56. The summed E-state index contributed by atoms with van der Waals surface area (Å²) in [7, 11) is 0. The highest BCUT2D eigenvalue weighted by atomic mass is 32.2. The highest BCUT2D eigenvalue weighted by Crippen LogP contribution is 2.56. The predicted molar refractivity (Wildman–Crippen MR) is 294 cm³/mol. The largest absolute Gasteiger partial charge is 0.288 e. The van der Waals surface area contributed by atoms with E-state index in [-0.39, 0.29) is 34.3 Å². The summed E-state index contributed by atoms with van der Waals surface area (Å²) in [5, 5.41) is 3.08. The molecular weight excluding hydrogens is 953 g/mol. The molecule has 5 aromatic heterocycles. The molecule has 2 aliphatic carbocycles. The van der Waals surface area contributed by atoms with E-state index in [1.54, 1.807) is 59.1 Å². The van der Waals surface area contributed by atoms with Crippen LogP contribution in [0.1, 0.15) is 140 Å². The van der Waals surface area contributed by atoms with E-state index in [0.29, 0.717) is 27.5 Å². The molecule has 340 valence electrons. The lowest BCUT2D eigenvalue weighted by molar-refractivity contribution is 0.0975. The van der Waals surface area contributed by atoms with Gasteiger partial charge in [0.2, 0.25) is 0 Å². The highest BCUT2D eigenvalue weighted by molar-refractivity contribution is 8.09. The van der Waals surface area contributed by atoms with E-state index in [9.17, 15) is 19.2 Å². The first-order chi connectivity index (χ1) is 33.3. The second-order valence-corrected chi connectivity index (χ2v) is 24.7. The van der Waals surface area contributed by atoms with Gasteiger partial charge in [-0.15, -0.1) is 68.4 Å². The maximum Gasteiger partial charge on any atom is 0.197 e. The van der Waals surface area contributed by atoms with Gasteiger partial charge >= 0.3 is 0 Å². The van der Waals surface area contributed by atoms with Crippen molar-refractivity contribution >= 4 is 129 Å². The maximum atomic E-state index is 13.4. The molecular formula is C58H48O4S6. The number of carbonyl (C=O) groups excluding carboxylic acids is 4. The molecule has 0 radical (unpaired) electrons. The van der Waals surface area contributed by atoms with E-state index in [1.165, 1.54) is 114 Å². The van der Waals surface area contributed by atoms with Crippen molar-refractivity contribution in [3.63, 3.8) is 0 Å². The van der Waals surface area contributed by atoms with Crippen LogP contribution in [0.3, 0.4) is 0 Å². The van der Waals surface area contributed by atoms with Crippen LogP contribution in [-0.2, 0) is 6.42 Å². The van der Waals surface area contributed by atoms with Crippen molar-refractivity contribution < 1.29 is 19.2 Å². The summed E-state index contributed by atoms with van der Waals surface area (Å²) in [6.45, 7) is 4.53. The molecule has 1 atom stereocenters. The zero-order valence-electron chi connectivity index (χ0n) is 37.9. The van der Waals surface area contributed by atoms with Crippen molar-refractivity contribution in [2.24, 2.45) is 0 Å². The number of fused-ring (bicyclic) bond motifs is 4. The molecule has 0 amide bonds. The van der Waals surface area contributed by atoms with Crippen LogP contribution in [0.25, 0.3) is 67.2 Å². The van der Waals surface area contributed by atoms with E-state index in [1.807, 2.05) is 70.4 Å². The third kappa shape index (κ3) is 8.45. The molecule has 11 rings (SSSR count).